The molecular weight excluding hydrogens is 238 g/mol. The Balaban J connectivity index is 2.22. The topological polar surface area (TPSA) is 41.5 Å². The van der Waals surface area contributed by atoms with Crippen LogP contribution in [0.2, 0.25) is 0 Å². The number of ether oxygens (including phenoxy) is 1. The van der Waals surface area contributed by atoms with E-state index in [0.717, 1.165) is 17.9 Å². The van der Waals surface area contributed by atoms with E-state index in [1.165, 1.54) is 19.3 Å². The van der Waals surface area contributed by atoms with E-state index in [1.54, 1.807) is 0 Å². The van der Waals surface area contributed by atoms with E-state index in [4.69, 9.17) is 4.74 Å². The summed E-state index contributed by atoms with van der Waals surface area (Å²) in [6.45, 7) is 6.51. The van der Waals surface area contributed by atoms with Gasteiger partial charge in [-0.3, -0.25) is 0 Å². The van der Waals surface area contributed by atoms with Gasteiger partial charge in [-0.1, -0.05) is 31.9 Å². The molecule has 0 bridgehead atoms. The molecule has 1 atom stereocenters. The monoisotopic (exact) mass is 265 g/mol. The van der Waals surface area contributed by atoms with Crippen LogP contribution in [-0.2, 0) is 6.42 Å². The van der Waals surface area contributed by atoms with Crippen LogP contribution in [0.15, 0.2) is 24.3 Å². The summed E-state index contributed by atoms with van der Waals surface area (Å²) in [6.07, 6.45) is 4.04. The number of benzene rings is 1. The number of hydrogen-bond donors (Lipinski definition) is 2. The van der Waals surface area contributed by atoms with Crippen molar-refractivity contribution >= 4 is 0 Å². The highest BCUT2D eigenvalue weighted by molar-refractivity contribution is 5.27. The molecule has 2 N–H and O–H groups in total. The lowest BCUT2D eigenvalue weighted by atomic mass is 10.1. The van der Waals surface area contributed by atoms with Crippen molar-refractivity contribution < 1.29 is 9.84 Å². The fourth-order valence-corrected chi connectivity index (χ4v) is 2.00. The lowest BCUT2D eigenvalue weighted by molar-refractivity contribution is 0.172. The van der Waals surface area contributed by atoms with E-state index in [0.29, 0.717) is 19.6 Å². The van der Waals surface area contributed by atoms with Crippen molar-refractivity contribution in [3.63, 3.8) is 0 Å². The zero-order valence-electron chi connectivity index (χ0n) is 12.2. The predicted octanol–water partition coefficient (Wildman–Crippen LogP) is 2.77. The zero-order valence-corrected chi connectivity index (χ0v) is 12.2. The minimum Gasteiger partial charge on any atom is -0.494 e. The predicted molar refractivity (Wildman–Crippen MR) is 79.7 cm³/mol. The maximum absolute atomic E-state index is 9.94. The zero-order chi connectivity index (χ0) is 13.9. The Kier molecular flexibility index (Phi) is 8.26. The lowest BCUT2D eigenvalue weighted by Crippen LogP contribution is -2.29. The van der Waals surface area contributed by atoms with Gasteiger partial charge < -0.3 is 15.2 Å². The fraction of sp³-hybridized carbons (Fsp3) is 0.625. The van der Waals surface area contributed by atoms with Gasteiger partial charge in [0, 0.05) is 6.54 Å². The minimum absolute atomic E-state index is 0.320. The van der Waals surface area contributed by atoms with Gasteiger partial charge in [-0.05, 0) is 44.0 Å². The maximum atomic E-state index is 9.94. The number of nitrogens with one attached hydrogen (secondary N) is 1. The van der Waals surface area contributed by atoms with Crippen LogP contribution in [0.3, 0.4) is 0 Å². The molecule has 0 saturated carbocycles. The standard InChI is InChI=1S/C16H27NO2/c1-3-5-6-11-17-13-15(18)12-14-7-9-16(10-8-14)19-4-2/h7-10,15,17-18H,3-6,11-13H2,1-2H3/t15-/m0/s1. The van der Waals surface area contributed by atoms with E-state index in [1.807, 2.05) is 31.2 Å². The molecular formula is C16H27NO2. The summed E-state index contributed by atoms with van der Waals surface area (Å²) in [7, 11) is 0. The Morgan fingerprint density at radius 3 is 2.53 bits per heavy atom. The summed E-state index contributed by atoms with van der Waals surface area (Å²) in [5.74, 6) is 0.887. The van der Waals surface area contributed by atoms with Crippen molar-refractivity contribution in [1.29, 1.82) is 0 Å². The average Bonchev–Trinajstić information content (AvgIpc) is 2.41. The molecule has 0 unspecified atom stereocenters. The van der Waals surface area contributed by atoms with Crippen LogP contribution in [0.5, 0.6) is 5.75 Å². The van der Waals surface area contributed by atoms with Gasteiger partial charge in [-0.15, -0.1) is 0 Å². The summed E-state index contributed by atoms with van der Waals surface area (Å²) >= 11 is 0. The van der Waals surface area contributed by atoms with Crippen molar-refractivity contribution in [2.75, 3.05) is 19.7 Å². The maximum Gasteiger partial charge on any atom is 0.119 e. The molecule has 0 radical (unpaired) electrons. The first-order chi connectivity index (χ1) is 9.26. The molecule has 108 valence electrons. The molecule has 0 aliphatic heterocycles. The lowest BCUT2D eigenvalue weighted by Gasteiger charge is -2.12. The minimum atomic E-state index is -0.320. The summed E-state index contributed by atoms with van der Waals surface area (Å²) in [5, 5.41) is 13.2. The Hall–Kier alpha value is -1.06. The third kappa shape index (κ3) is 7.19. The molecule has 19 heavy (non-hydrogen) atoms. The van der Waals surface area contributed by atoms with Crippen LogP contribution in [0.25, 0.3) is 0 Å². The Morgan fingerprint density at radius 2 is 1.89 bits per heavy atom. The summed E-state index contributed by atoms with van der Waals surface area (Å²) in [5.41, 5.74) is 1.14. The number of unbranched alkanes of at least 4 members (excludes halogenated alkanes) is 2. The molecule has 0 saturated heterocycles. The van der Waals surface area contributed by atoms with Gasteiger partial charge >= 0.3 is 0 Å². The first kappa shape index (κ1) is 16.0. The summed E-state index contributed by atoms with van der Waals surface area (Å²) in [6, 6.07) is 7.96. The molecule has 0 fully saturated rings. The molecule has 0 amide bonds. The van der Waals surface area contributed by atoms with Crippen LogP contribution >= 0.6 is 0 Å². The highest BCUT2D eigenvalue weighted by Gasteiger charge is 2.05. The normalized spacial score (nSPS) is 12.4. The van der Waals surface area contributed by atoms with Gasteiger partial charge in [0.15, 0.2) is 0 Å². The van der Waals surface area contributed by atoms with Crippen LogP contribution in [0.4, 0.5) is 0 Å². The molecule has 1 aromatic carbocycles. The molecule has 0 aliphatic carbocycles. The molecule has 0 spiro atoms. The summed E-state index contributed by atoms with van der Waals surface area (Å²) < 4.78 is 5.39. The Morgan fingerprint density at radius 1 is 1.16 bits per heavy atom. The molecule has 0 aromatic heterocycles. The highest BCUT2D eigenvalue weighted by atomic mass is 16.5. The Labute approximate surface area is 117 Å². The number of hydrogen-bond acceptors (Lipinski definition) is 3. The second-order valence-electron chi connectivity index (χ2n) is 4.85. The van der Waals surface area contributed by atoms with Gasteiger partial charge in [0.2, 0.25) is 0 Å². The smallest absolute Gasteiger partial charge is 0.119 e. The van der Waals surface area contributed by atoms with Crippen molar-refractivity contribution in [2.45, 2.75) is 45.6 Å². The average molecular weight is 265 g/mol. The third-order valence-corrected chi connectivity index (χ3v) is 3.04. The van der Waals surface area contributed by atoms with Gasteiger partial charge in [0.25, 0.3) is 0 Å². The molecule has 1 rings (SSSR count). The fourth-order valence-electron chi connectivity index (χ4n) is 2.00. The van der Waals surface area contributed by atoms with Crippen LogP contribution in [-0.4, -0.2) is 30.9 Å². The van der Waals surface area contributed by atoms with Crippen LogP contribution < -0.4 is 10.1 Å². The second-order valence-corrected chi connectivity index (χ2v) is 4.85. The van der Waals surface area contributed by atoms with E-state index in [-0.39, 0.29) is 6.10 Å². The van der Waals surface area contributed by atoms with Crippen molar-refractivity contribution in [1.82, 2.24) is 5.32 Å². The SMILES string of the molecule is CCCCCNC[C@@H](O)Cc1ccc(OCC)cc1. The van der Waals surface area contributed by atoms with E-state index in [2.05, 4.69) is 12.2 Å². The largest absolute Gasteiger partial charge is 0.494 e. The molecule has 3 nitrogen and oxygen atoms in total. The molecule has 1 aromatic rings. The molecule has 0 aliphatic rings. The first-order valence-corrected chi connectivity index (χ1v) is 7.36. The van der Waals surface area contributed by atoms with Crippen molar-refractivity contribution in [3.05, 3.63) is 29.8 Å². The van der Waals surface area contributed by atoms with Gasteiger partial charge in [-0.2, -0.15) is 0 Å². The number of aliphatic hydroxyl groups excluding tert-OH is 1. The van der Waals surface area contributed by atoms with Crippen molar-refractivity contribution in [3.8, 4) is 5.75 Å². The molecule has 0 heterocycles. The van der Waals surface area contributed by atoms with Gasteiger partial charge in [0.1, 0.15) is 5.75 Å². The van der Waals surface area contributed by atoms with E-state index >= 15 is 0 Å². The van der Waals surface area contributed by atoms with Crippen LogP contribution in [0.1, 0.15) is 38.7 Å². The van der Waals surface area contributed by atoms with E-state index in [9.17, 15) is 5.11 Å². The number of rotatable bonds is 10. The van der Waals surface area contributed by atoms with Gasteiger partial charge in [-0.25, -0.2) is 0 Å². The van der Waals surface area contributed by atoms with Crippen LogP contribution in [0, 0.1) is 0 Å². The highest BCUT2D eigenvalue weighted by Crippen LogP contribution is 2.13. The Bertz CT molecular complexity index is 324. The second kappa shape index (κ2) is 9.82. The number of aliphatic hydroxyl groups is 1. The van der Waals surface area contributed by atoms with Gasteiger partial charge in [0.05, 0.1) is 12.7 Å². The quantitative estimate of drug-likeness (QED) is 0.639. The molecule has 3 heteroatoms. The van der Waals surface area contributed by atoms with E-state index < -0.39 is 0 Å². The van der Waals surface area contributed by atoms with Crippen molar-refractivity contribution in [2.24, 2.45) is 0 Å². The summed E-state index contributed by atoms with van der Waals surface area (Å²) in [4.78, 5) is 0. The third-order valence-electron chi connectivity index (χ3n) is 3.04. The first-order valence-electron chi connectivity index (χ1n) is 7.36.